The van der Waals surface area contributed by atoms with Crippen LogP contribution in [0.4, 0.5) is 0 Å². The minimum Gasteiger partial charge on any atom is -0.495 e. The van der Waals surface area contributed by atoms with Crippen LogP contribution >= 0.6 is 27.5 Å². The summed E-state index contributed by atoms with van der Waals surface area (Å²) in [4.78, 5) is 4.30. The Morgan fingerprint density at radius 1 is 1.55 bits per heavy atom. The lowest BCUT2D eigenvalue weighted by molar-refractivity contribution is 0.0342. The Hall–Kier alpha value is -1.15. The van der Waals surface area contributed by atoms with Crippen molar-refractivity contribution in [1.29, 1.82) is 0 Å². The second kappa shape index (κ2) is 5.69. The molecule has 1 aromatic carbocycles. The van der Waals surface area contributed by atoms with Gasteiger partial charge in [-0.1, -0.05) is 11.6 Å². The Morgan fingerprint density at radius 3 is 3.10 bits per heavy atom. The Balaban J connectivity index is 1.96. The van der Waals surface area contributed by atoms with Crippen molar-refractivity contribution >= 4 is 27.5 Å². The van der Waals surface area contributed by atoms with Crippen molar-refractivity contribution in [3.05, 3.63) is 28.0 Å². The third kappa shape index (κ3) is 2.54. The molecule has 20 heavy (non-hydrogen) atoms. The molecule has 8 heteroatoms. The normalized spacial score (nSPS) is 18.4. The zero-order chi connectivity index (χ0) is 14.1. The highest BCUT2D eigenvalue weighted by Gasteiger charge is 2.19. The van der Waals surface area contributed by atoms with Crippen LogP contribution in [0.2, 0.25) is 5.02 Å². The zero-order valence-corrected chi connectivity index (χ0v) is 13.0. The predicted octanol–water partition coefficient (Wildman–Crippen LogP) is 2.45. The zero-order valence-electron chi connectivity index (χ0n) is 10.6. The summed E-state index contributed by atoms with van der Waals surface area (Å²) in [5, 5.41) is 8.11. The molecule has 1 atom stereocenters. The summed E-state index contributed by atoms with van der Waals surface area (Å²) in [5.41, 5.74) is 0.808. The molecule has 0 spiro atoms. The van der Waals surface area contributed by atoms with Crippen LogP contribution in [0.1, 0.15) is 6.35 Å². The molecule has 2 heterocycles. The summed E-state index contributed by atoms with van der Waals surface area (Å²) in [6, 6.07) is 3.57. The second-order valence-corrected chi connectivity index (χ2v) is 5.45. The lowest BCUT2D eigenvalue weighted by Crippen LogP contribution is -2.21. The van der Waals surface area contributed by atoms with Crippen LogP contribution in [0.5, 0.6) is 5.75 Å². The molecular weight excluding hydrogens is 348 g/mol. The number of nitrogens with zero attached hydrogens (tertiary/aromatic N) is 3. The lowest BCUT2D eigenvalue weighted by atomic mass is 10.2. The highest BCUT2D eigenvalue weighted by Crippen LogP contribution is 2.35. The van der Waals surface area contributed by atoms with Gasteiger partial charge < -0.3 is 9.47 Å². The van der Waals surface area contributed by atoms with Gasteiger partial charge in [0.1, 0.15) is 12.1 Å². The van der Waals surface area contributed by atoms with Crippen molar-refractivity contribution in [3.8, 4) is 17.1 Å². The fourth-order valence-corrected chi connectivity index (χ4v) is 2.84. The van der Waals surface area contributed by atoms with Gasteiger partial charge in [-0.25, -0.2) is 9.67 Å². The summed E-state index contributed by atoms with van der Waals surface area (Å²) in [6.45, 7) is 1.47. The van der Waals surface area contributed by atoms with Gasteiger partial charge >= 0.3 is 0 Å². The first-order valence-corrected chi connectivity index (χ1v) is 7.15. The van der Waals surface area contributed by atoms with E-state index in [-0.39, 0.29) is 6.35 Å². The quantitative estimate of drug-likeness (QED) is 0.912. The molecule has 3 rings (SSSR count). The first-order valence-electron chi connectivity index (χ1n) is 5.98. The summed E-state index contributed by atoms with van der Waals surface area (Å²) < 4.78 is 13.1. The SMILES string of the molecule is COc1cc(-c2ncn(C3NCCO3)n2)c(Br)cc1Cl. The van der Waals surface area contributed by atoms with Gasteiger partial charge in [0.15, 0.2) is 5.82 Å². The van der Waals surface area contributed by atoms with Crippen LogP contribution in [0.25, 0.3) is 11.4 Å². The number of methoxy groups -OCH3 is 1. The highest BCUT2D eigenvalue weighted by molar-refractivity contribution is 9.10. The fourth-order valence-electron chi connectivity index (χ4n) is 1.95. The third-order valence-electron chi connectivity index (χ3n) is 2.93. The molecule has 1 aliphatic heterocycles. The van der Waals surface area contributed by atoms with Crippen molar-refractivity contribution in [2.24, 2.45) is 0 Å². The number of rotatable bonds is 3. The first-order chi connectivity index (χ1) is 9.69. The molecule has 0 aliphatic carbocycles. The maximum absolute atomic E-state index is 6.07. The fraction of sp³-hybridized carbons (Fsp3) is 0.333. The van der Waals surface area contributed by atoms with Crippen molar-refractivity contribution < 1.29 is 9.47 Å². The Bertz CT molecular complexity index is 628. The summed E-state index contributed by atoms with van der Waals surface area (Å²) in [7, 11) is 1.57. The molecule has 1 aliphatic rings. The van der Waals surface area contributed by atoms with E-state index in [0.29, 0.717) is 23.2 Å². The number of aromatic nitrogens is 3. The van der Waals surface area contributed by atoms with Crippen LogP contribution < -0.4 is 10.1 Å². The summed E-state index contributed by atoms with van der Waals surface area (Å²) >= 11 is 9.53. The topological polar surface area (TPSA) is 61.2 Å². The molecule has 0 radical (unpaired) electrons. The number of benzene rings is 1. The first kappa shape index (κ1) is 13.8. The van der Waals surface area contributed by atoms with E-state index in [4.69, 9.17) is 21.1 Å². The minimum absolute atomic E-state index is 0.260. The van der Waals surface area contributed by atoms with Gasteiger partial charge in [0, 0.05) is 16.6 Å². The third-order valence-corrected chi connectivity index (χ3v) is 3.88. The van der Waals surface area contributed by atoms with Crippen molar-refractivity contribution in [3.63, 3.8) is 0 Å². The van der Waals surface area contributed by atoms with E-state index in [1.807, 2.05) is 0 Å². The molecule has 1 aromatic heterocycles. The second-order valence-electron chi connectivity index (χ2n) is 4.19. The van der Waals surface area contributed by atoms with Crippen molar-refractivity contribution in [1.82, 2.24) is 20.1 Å². The molecule has 0 saturated carbocycles. The van der Waals surface area contributed by atoms with Crippen molar-refractivity contribution in [2.45, 2.75) is 6.35 Å². The number of ether oxygens (including phenoxy) is 2. The van der Waals surface area contributed by atoms with E-state index in [1.165, 1.54) is 0 Å². The van der Waals surface area contributed by atoms with E-state index < -0.39 is 0 Å². The molecule has 106 valence electrons. The minimum atomic E-state index is -0.260. The van der Waals surface area contributed by atoms with Crippen LogP contribution in [0, 0.1) is 0 Å². The molecule has 0 bridgehead atoms. The van der Waals surface area contributed by atoms with Crippen molar-refractivity contribution in [2.75, 3.05) is 20.3 Å². The Labute approximate surface area is 129 Å². The van der Waals surface area contributed by atoms with Crippen LogP contribution in [0.3, 0.4) is 0 Å². The summed E-state index contributed by atoms with van der Waals surface area (Å²) in [5.74, 6) is 1.15. The van der Waals surface area contributed by atoms with Gasteiger partial charge in [-0.3, -0.25) is 5.32 Å². The van der Waals surface area contributed by atoms with Crippen LogP contribution in [-0.2, 0) is 4.74 Å². The lowest BCUT2D eigenvalue weighted by Gasteiger charge is -2.09. The van der Waals surface area contributed by atoms with Gasteiger partial charge in [-0.05, 0) is 28.1 Å². The molecule has 2 aromatic rings. The van der Waals surface area contributed by atoms with Gasteiger partial charge in [-0.15, -0.1) is 5.10 Å². The highest BCUT2D eigenvalue weighted by atomic mass is 79.9. The van der Waals surface area contributed by atoms with Gasteiger partial charge in [0.25, 0.3) is 0 Å². The molecule has 1 unspecified atom stereocenters. The summed E-state index contributed by atoms with van der Waals surface area (Å²) in [6.07, 6.45) is 1.37. The molecule has 1 N–H and O–H groups in total. The average molecular weight is 360 g/mol. The molecule has 0 amide bonds. The molecule has 1 fully saturated rings. The van der Waals surface area contributed by atoms with E-state index in [1.54, 1.807) is 30.3 Å². The van der Waals surface area contributed by atoms with Gasteiger partial charge in [0.2, 0.25) is 6.35 Å². The average Bonchev–Trinajstić information content (AvgIpc) is 3.09. The largest absolute Gasteiger partial charge is 0.495 e. The van der Waals surface area contributed by atoms with Crippen LogP contribution in [0.15, 0.2) is 22.9 Å². The monoisotopic (exact) mass is 358 g/mol. The maximum Gasteiger partial charge on any atom is 0.208 e. The number of hydrogen-bond donors (Lipinski definition) is 1. The Kier molecular flexibility index (Phi) is 3.93. The van der Waals surface area contributed by atoms with E-state index >= 15 is 0 Å². The van der Waals surface area contributed by atoms with Gasteiger partial charge in [-0.2, -0.15) is 0 Å². The molecule has 1 saturated heterocycles. The smallest absolute Gasteiger partial charge is 0.208 e. The standard InChI is InChI=1S/C12H12BrClN4O2/c1-19-10-4-7(8(13)5-9(10)14)11-16-6-18(17-11)12-15-2-3-20-12/h4-6,12,15H,2-3H2,1H3. The van der Waals surface area contributed by atoms with Gasteiger partial charge in [0.05, 0.1) is 18.7 Å². The van der Waals surface area contributed by atoms with E-state index in [2.05, 4.69) is 31.3 Å². The molecule has 6 nitrogen and oxygen atoms in total. The number of nitrogens with one attached hydrogen (secondary N) is 1. The van der Waals surface area contributed by atoms with E-state index in [0.717, 1.165) is 16.6 Å². The number of hydrogen-bond acceptors (Lipinski definition) is 5. The van der Waals surface area contributed by atoms with Crippen LogP contribution in [-0.4, -0.2) is 35.0 Å². The number of halogens is 2. The Morgan fingerprint density at radius 2 is 2.40 bits per heavy atom. The predicted molar refractivity (Wildman–Crippen MR) is 77.7 cm³/mol. The molecular formula is C12H12BrClN4O2. The van der Waals surface area contributed by atoms with E-state index in [9.17, 15) is 0 Å². The maximum atomic E-state index is 6.07.